The molecule has 0 aromatic carbocycles. The zero-order valence-electron chi connectivity index (χ0n) is 8.03. The average Bonchev–Trinajstić information content (AvgIpc) is 1.83. The molecule has 0 rings (SSSR count). The van der Waals surface area contributed by atoms with Crippen LogP contribution in [0.3, 0.4) is 0 Å². The van der Waals surface area contributed by atoms with E-state index in [1.807, 2.05) is 0 Å². The van der Waals surface area contributed by atoms with E-state index in [1.54, 1.807) is 0 Å². The largest absolute Gasteiger partial charge is 0.447 e. The Labute approximate surface area is 77.3 Å². The van der Waals surface area contributed by atoms with E-state index in [2.05, 4.69) is 4.79 Å². The molecule has 0 bridgehead atoms. The zero-order chi connectivity index (χ0) is 10.9. The monoisotopic (exact) mass is 204 g/mol. The number of Topliss-reactive ketones (excluding diaryl/α,β-unsaturated/α-hetero) is 1. The van der Waals surface area contributed by atoms with E-state index >= 15 is 0 Å². The molecule has 0 aromatic rings. The van der Waals surface area contributed by atoms with Gasteiger partial charge in [-0.2, -0.15) is 0 Å². The minimum atomic E-state index is -3.84. The number of sulfone groups is 1. The molecule has 0 radical (unpaired) electrons. The van der Waals surface area contributed by atoms with Gasteiger partial charge in [0.15, 0.2) is 0 Å². The number of hydrogen-bond donors (Lipinski definition) is 0. The van der Waals surface area contributed by atoms with Crippen molar-refractivity contribution in [3.05, 3.63) is 5.53 Å². The maximum absolute atomic E-state index is 11.5. The lowest BCUT2D eigenvalue weighted by Gasteiger charge is -2.14. The standard InChI is InChI=1S/C7H12N2O3S/c1-5(10)6(9-8)13(11,12)7(2,3)4/h1-4H3. The van der Waals surface area contributed by atoms with Crippen molar-refractivity contribution in [2.75, 3.05) is 0 Å². The number of nitrogens with zero attached hydrogens (tertiary/aromatic N) is 2. The van der Waals surface area contributed by atoms with E-state index in [0.29, 0.717) is 0 Å². The smallest absolute Gasteiger partial charge is 0.360 e. The van der Waals surface area contributed by atoms with Gasteiger partial charge in [-0.05, 0) is 20.8 Å². The molecule has 0 aliphatic carbocycles. The third-order valence-electron chi connectivity index (χ3n) is 1.45. The molecule has 5 nitrogen and oxygen atoms in total. The van der Waals surface area contributed by atoms with Crippen LogP contribution in [0.15, 0.2) is 0 Å². The molecule has 74 valence electrons. The lowest BCUT2D eigenvalue weighted by atomic mass is 10.3. The van der Waals surface area contributed by atoms with Crippen LogP contribution in [0.5, 0.6) is 0 Å². The predicted molar refractivity (Wildman–Crippen MR) is 48.0 cm³/mol. The van der Waals surface area contributed by atoms with Gasteiger partial charge in [-0.15, -0.1) is 4.79 Å². The van der Waals surface area contributed by atoms with Gasteiger partial charge < -0.3 is 5.53 Å². The summed E-state index contributed by atoms with van der Waals surface area (Å²) in [6.45, 7) is 5.32. The van der Waals surface area contributed by atoms with Crippen molar-refractivity contribution >= 4 is 20.7 Å². The number of carbonyl (C=O) groups excluding carboxylic acids is 1. The van der Waals surface area contributed by atoms with E-state index in [1.165, 1.54) is 20.8 Å². The lowest BCUT2D eigenvalue weighted by Crippen LogP contribution is -2.38. The van der Waals surface area contributed by atoms with Crippen LogP contribution in [0.25, 0.3) is 5.53 Å². The summed E-state index contributed by atoms with van der Waals surface area (Å²) in [4.78, 5) is 13.3. The van der Waals surface area contributed by atoms with Crippen molar-refractivity contribution in [3.63, 3.8) is 0 Å². The van der Waals surface area contributed by atoms with Gasteiger partial charge in [-0.1, -0.05) is 0 Å². The molecular formula is C7H12N2O3S. The summed E-state index contributed by atoms with van der Waals surface area (Å²) in [6.07, 6.45) is 0. The first-order chi connectivity index (χ1) is 5.64. The molecule has 0 heterocycles. The molecule has 0 aromatic heterocycles. The Hall–Kier alpha value is -1.00. The topological polar surface area (TPSA) is 87.6 Å². The highest BCUT2D eigenvalue weighted by molar-refractivity contribution is 8.09. The van der Waals surface area contributed by atoms with Gasteiger partial charge in [-0.25, -0.2) is 8.42 Å². The Kier molecular flexibility index (Phi) is 3.13. The fourth-order valence-corrected chi connectivity index (χ4v) is 1.67. The molecule has 0 unspecified atom stereocenters. The van der Waals surface area contributed by atoms with E-state index in [9.17, 15) is 13.2 Å². The summed E-state index contributed by atoms with van der Waals surface area (Å²) in [5, 5.41) is -0.792. The van der Waals surface area contributed by atoms with Crippen LogP contribution < -0.4 is 0 Å². The summed E-state index contributed by atoms with van der Waals surface area (Å²) in [6, 6.07) is 0. The van der Waals surface area contributed by atoms with E-state index in [4.69, 9.17) is 5.53 Å². The molecule has 0 spiro atoms. The van der Waals surface area contributed by atoms with Crippen molar-refractivity contribution in [2.24, 2.45) is 0 Å². The Balaban J connectivity index is 5.58. The summed E-state index contributed by atoms with van der Waals surface area (Å²) in [5.41, 5.74) is 8.38. The summed E-state index contributed by atoms with van der Waals surface area (Å²) >= 11 is 0. The van der Waals surface area contributed by atoms with Gasteiger partial charge in [0.2, 0.25) is 0 Å². The summed E-state index contributed by atoms with van der Waals surface area (Å²) < 4.78 is 21.9. The van der Waals surface area contributed by atoms with Crippen LogP contribution >= 0.6 is 0 Å². The Morgan fingerprint density at radius 1 is 1.31 bits per heavy atom. The molecule has 0 aliphatic rings. The van der Waals surface area contributed by atoms with E-state index < -0.39 is 25.4 Å². The summed E-state index contributed by atoms with van der Waals surface area (Å²) in [5.74, 6) is -0.766. The quantitative estimate of drug-likeness (QED) is 0.268. The maximum Gasteiger partial charge on any atom is 0.447 e. The molecule has 0 atom stereocenters. The second-order valence-corrected chi connectivity index (χ2v) is 6.20. The first-order valence-corrected chi connectivity index (χ1v) is 5.10. The molecule has 0 saturated heterocycles. The molecule has 0 aliphatic heterocycles. The van der Waals surface area contributed by atoms with Crippen molar-refractivity contribution in [1.29, 1.82) is 0 Å². The molecule has 0 N–H and O–H groups in total. The van der Waals surface area contributed by atoms with Gasteiger partial charge in [0.05, 0.1) is 4.75 Å². The summed E-state index contributed by atoms with van der Waals surface area (Å²) in [7, 11) is -3.84. The highest BCUT2D eigenvalue weighted by Crippen LogP contribution is 2.16. The Morgan fingerprint density at radius 2 is 1.69 bits per heavy atom. The van der Waals surface area contributed by atoms with Crippen molar-refractivity contribution < 1.29 is 18.0 Å². The minimum absolute atomic E-state index is 0.766. The third kappa shape index (κ3) is 2.23. The normalized spacial score (nSPS) is 12.0. The van der Waals surface area contributed by atoms with Crippen LogP contribution in [0.1, 0.15) is 27.7 Å². The highest BCUT2D eigenvalue weighted by atomic mass is 32.2. The zero-order valence-corrected chi connectivity index (χ0v) is 8.84. The van der Waals surface area contributed by atoms with E-state index in [0.717, 1.165) is 6.92 Å². The first kappa shape index (κ1) is 12.0. The number of rotatable bonds is 1. The van der Waals surface area contributed by atoms with Crippen LogP contribution in [0.2, 0.25) is 0 Å². The van der Waals surface area contributed by atoms with E-state index in [-0.39, 0.29) is 0 Å². The number of hydrogen-bond acceptors (Lipinski definition) is 3. The van der Waals surface area contributed by atoms with Gasteiger partial charge in [-0.3, -0.25) is 4.79 Å². The van der Waals surface area contributed by atoms with Crippen molar-refractivity contribution in [1.82, 2.24) is 0 Å². The van der Waals surface area contributed by atoms with Crippen molar-refractivity contribution in [3.8, 4) is 0 Å². The fraction of sp³-hybridized carbons (Fsp3) is 0.714. The SMILES string of the molecule is CC(=O)C(=[N+]=[N-])S(=O)(=O)C(C)(C)C. The second-order valence-electron chi connectivity index (χ2n) is 3.58. The maximum atomic E-state index is 11.5. The van der Waals surface area contributed by atoms with Crippen molar-refractivity contribution in [2.45, 2.75) is 32.4 Å². The van der Waals surface area contributed by atoms with Gasteiger partial charge in [0.1, 0.15) is 0 Å². The van der Waals surface area contributed by atoms with Gasteiger partial charge >= 0.3 is 5.04 Å². The van der Waals surface area contributed by atoms with Crippen LogP contribution in [-0.2, 0) is 14.6 Å². The van der Waals surface area contributed by atoms with Gasteiger partial charge in [0, 0.05) is 6.92 Å². The second kappa shape index (κ2) is 3.40. The average molecular weight is 204 g/mol. The lowest BCUT2D eigenvalue weighted by molar-refractivity contribution is -0.114. The molecule has 13 heavy (non-hydrogen) atoms. The molecule has 0 amide bonds. The minimum Gasteiger partial charge on any atom is -0.360 e. The first-order valence-electron chi connectivity index (χ1n) is 3.62. The molecule has 6 heteroatoms. The number of ketones is 1. The van der Waals surface area contributed by atoms with Crippen LogP contribution in [0, 0.1) is 0 Å². The highest BCUT2D eigenvalue weighted by Gasteiger charge is 2.42. The molecular weight excluding hydrogens is 192 g/mol. The Morgan fingerprint density at radius 3 is 1.77 bits per heavy atom. The molecule has 0 saturated carbocycles. The van der Waals surface area contributed by atoms with Crippen LogP contribution in [-0.4, -0.2) is 28.8 Å². The fourth-order valence-electron chi connectivity index (χ4n) is 0.603. The number of carbonyl (C=O) groups is 1. The predicted octanol–water partition coefficient (Wildman–Crippen LogP) is 0.417. The molecule has 0 fully saturated rings. The van der Waals surface area contributed by atoms with Crippen LogP contribution in [0.4, 0.5) is 0 Å². The van der Waals surface area contributed by atoms with Gasteiger partial charge in [0.25, 0.3) is 15.6 Å². The Bertz CT molecular complexity index is 369. The third-order valence-corrected chi connectivity index (χ3v) is 3.94.